The highest BCUT2D eigenvalue weighted by Crippen LogP contribution is 2.25. The Morgan fingerprint density at radius 2 is 1.70 bits per heavy atom. The van der Waals surface area contributed by atoms with E-state index in [1.54, 1.807) is 25.3 Å². The summed E-state index contributed by atoms with van der Waals surface area (Å²) < 4.78 is 10.9. The molecule has 0 atom stereocenters. The summed E-state index contributed by atoms with van der Waals surface area (Å²) in [5, 5.41) is 2.86. The molecule has 0 saturated carbocycles. The van der Waals surface area contributed by atoms with Crippen molar-refractivity contribution in [3.8, 4) is 28.6 Å². The summed E-state index contributed by atoms with van der Waals surface area (Å²) in [6.45, 7) is 2.68. The van der Waals surface area contributed by atoms with E-state index in [1.807, 2.05) is 43.3 Å². The van der Waals surface area contributed by atoms with Crippen molar-refractivity contribution >= 4 is 5.91 Å². The summed E-state index contributed by atoms with van der Waals surface area (Å²) in [5.74, 6) is 1.78. The topological polar surface area (TPSA) is 73.3 Å². The van der Waals surface area contributed by atoms with Crippen LogP contribution in [0, 0.1) is 0 Å². The second kappa shape index (κ2) is 8.80. The van der Waals surface area contributed by atoms with Gasteiger partial charge in [0.15, 0.2) is 0 Å². The molecule has 1 N–H and O–H groups in total. The SMILES string of the molecule is CCCNC(=O)c1ccc(-c2cc(Oc3ccc(OC)cc3)ncn2)cc1. The molecule has 6 nitrogen and oxygen atoms in total. The summed E-state index contributed by atoms with van der Waals surface area (Å²) in [4.78, 5) is 20.4. The highest BCUT2D eigenvalue weighted by molar-refractivity contribution is 5.94. The first kappa shape index (κ1) is 18.4. The lowest BCUT2D eigenvalue weighted by atomic mass is 10.1. The Labute approximate surface area is 158 Å². The van der Waals surface area contributed by atoms with E-state index < -0.39 is 0 Å². The largest absolute Gasteiger partial charge is 0.497 e. The van der Waals surface area contributed by atoms with E-state index in [0.29, 0.717) is 29.4 Å². The van der Waals surface area contributed by atoms with Crippen LogP contribution in [0.3, 0.4) is 0 Å². The minimum Gasteiger partial charge on any atom is -0.497 e. The summed E-state index contributed by atoms with van der Waals surface area (Å²) >= 11 is 0. The summed E-state index contributed by atoms with van der Waals surface area (Å²) in [6.07, 6.45) is 2.36. The molecule has 27 heavy (non-hydrogen) atoms. The number of nitrogens with zero attached hydrogens (tertiary/aromatic N) is 2. The maximum absolute atomic E-state index is 12.0. The van der Waals surface area contributed by atoms with E-state index >= 15 is 0 Å². The number of carbonyl (C=O) groups excluding carboxylic acids is 1. The van der Waals surface area contributed by atoms with Crippen LogP contribution in [0.4, 0.5) is 0 Å². The Morgan fingerprint density at radius 1 is 1.00 bits per heavy atom. The fourth-order valence-corrected chi connectivity index (χ4v) is 2.45. The molecule has 0 unspecified atom stereocenters. The van der Waals surface area contributed by atoms with Crippen molar-refractivity contribution in [1.82, 2.24) is 15.3 Å². The first-order valence-electron chi connectivity index (χ1n) is 8.72. The number of amides is 1. The highest BCUT2D eigenvalue weighted by Gasteiger charge is 2.07. The molecular weight excluding hydrogens is 342 g/mol. The highest BCUT2D eigenvalue weighted by atomic mass is 16.5. The van der Waals surface area contributed by atoms with E-state index in [0.717, 1.165) is 17.7 Å². The Morgan fingerprint density at radius 3 is 2.37 bits per heavy atom. The molecule has 3 aromatic rings. The van der Waals surface area contributed by atoms with E-state index in [9.17, 15) is 4.79 Å². The maximum atomic E-state index is 12.0. The molecule has 1 heterocycles. The number of carbonyl (C=O) groups is 1. The van der Waals surface area contributed by atoms with Crippen LogP contribution in [0.15, 0.2) is 60.9 Å². The van der Waals surface area contributed by atoms with Gasteiger partial charge in [-0.2, -0.15) is 0 Å². The van der Waals surface area contributed by atoms with Gasteiger partial charge in [-0.05, 0) is 42.8 Å². The lowest BCUT2D eigenvalue weighted by Gasteiger charge is -2.08. The van der Waals surface area contributed by atoms with Gasteiger partial charge >= 0.3 is 0 Å². The van der Waals surface area contributed by atoms with Crippen molar-refractivity contribution in [3.05, 3.63) is 66.5 Å². The number of benzene rings is 2. The molecule has 0 spiro atoms. The number of hydrogen-bond acceptors (Lipinski definition) is 5. The standard InChI is InChI=1S/C21H21N3O3/c1-3-12-22-21(25)16-6-4-15(5-7-16)19-13-20(24-14-23-19)27-18-10-8-17(26-2)9-11-18/h4-11,13-14H,3,12H2,1-2H3,(H,22,25). The van der Waals surface area contributed by atoms with Gasteiger partial charge in [0.25, 0.3) is 5.91 Å². The van der Waals surface area contributed by atoms with Crippen LogP contribution in [-0.2, 0) is 0 Å². The quantitative estimate of drug-likeness (QED) is 0.684. The van der Waals surface area contributed by atoms with Gasteiger partial charge < -0.3 is 14.8 Å². The Bertz CT molecular complexity index is 893. The van der Waals surface area contributed by atoms with E-state index in [-0.39, 0.29) is 5.91 Å². The number of hydrogen-bond donors (Lipinski definition) is 1. The molecule has 0 aliphatic heterocycles. The third kappa shape index (κ3) is 4.82. The zero-order chi connectivity index (χ0) is 19.1. The van der Waals surface area contributed by atoms with Crippen LogP contribution >= 0.6 is 0 Å². The van der Waals surface area contributed by atoms with E-state index in [2.05, 4.69) is 15.3 Å². The minimum atomic E-state index is -0.0744. The number of methoxy groups -OCH3 is 1. The predicted octanol–water partition coefficient (Wildman–Crippen LogP) is 4.08. The van der Waals surface area contributed by atoms with Crippen LogP contribution in [-0.4, -0.2) is 29.5 Å². The third-order valence-electron chi connectivity index (χ3n) is 3.90. The van der Waals surface area contributed by atoms with Gasteiger partial charge in [-0.1, -0.05) is 19.1 Å². The van der Waals surface area contributed by atoms with Crippen LogP contribution in [0.1, 0.15) is 23.7 Å². The molecule has 0 radical (unpaired) electrons. The zero-order valence-electron chi connectivity index (χ0n) is 15.3. The zero-order valence-corrected chi connectivity index (χ0v) is 15.3. The number of ether oxygens (including phenoxy) is 2. The molecule has 2 aromatic carbocycles. The van der Waals surface area contributed by atoms with E-state index in [1.165, 1.54) is 6.33 Å². The van der Waals surface area contributed by atoms with Crippen molar-refractivity contribution in [2.24, 2.45) is 0 Å². The molecule has 0 aliphatic carbocycles. The van der Waals surface area contributed by atoms with Crippen molar-refractivity contribution in [1.29, 1.82) is 0 Å². The Kier molecular flexibility index (Phi) is 5.99. The predicted molar refractivity (Wildman–Crippen MR) is 103 cm³/mol. The van der Waals surface area contributed by atoms with Crippen LogP contribution in [0.2, 0.25) is 0 Å². The molecule has 1 amide bonds. The second-order valence-electron chi connectivity index (χ2n) is 5.85. The lowest BCUT2D eigenvalue weighted by molar-refractivity contribution is 0.0953. The van der Waals surface area contributed by atoms with Gasteiger partial charge in [-0.25, -0.2) is 9.97 Å². The molecule has 1 aromatic heterocycles. The monoisotopic (exact) mass is 363 g/mol. The minimum absolute atomic E-state index is 0.0744. The molecular formula is C21H21N3O3. The fraction of sp³-hybridized carbons (Fsp3) is 0.190. The number of nitrogens with one attached hydrogen (secondary N) is 1. The van der Waals surface area contributed by atoms with Gasteiger partial charge in [0.2, 0.25) is 5.88 Å². The van der Waals surface area contributed by atoms with Gasteiger partial charge in [-0.15, -0.1) is 0 Å². The fourth-order valence-electron chi connectivity index (χ4n) is 2.45. The van der Waals surface area contributed by atoms with Gasteiger partial charge in [0, 0.05) is 23.7 Å². The van der Waals surface area contributed by atoms with Gasteiger partial charge in [-0.3, -0.25) is 4.79 Å². The molecule has 0 bridgehead atoms. The van der Waals surface area contributed by atoms with Gasteiger partial charge in [0.1, 0.15) is 17.8 Å². The summed E-state index contributed by atoms with van der Waals surface area (Å²) in [7, 11) is 1.62. The van der Waals surface area contributed by atoms with Gasteiger partial charge in [0.05, 0.1) is 12.8 Å². The molecule has 0 saturated heterocycles. The van der Waals surface area contributed by atoms with Crippen molar-refractivity contribution in [2.75, 3.05) is 13.7 Å². The Balaban J connectivity index is 1.73. The van der Waals surface area contributed by atoms with Crippen molar-refractivity contribution in [2.45, 2.75) is 13.3 Å². The first-order chi connectivity index (χ1) is 13.2. The average Bonchev–Trinajstić information content (AvgIpc) is 2.73. The van der Waals surface area contributed by atoms with Crippen LogP contribution < -0.4 is 14.8 Å². The normalized spacial score (nSPS) is 10.3. The van der Waals surface area contributed by atoms with Crippen molar-refractivity contribution in [3.63, 3.8) is 0 Å². The smallest absolute Gasteiger partial charge is 0.251 e. The molecule has 138 valence electrons. The molecule has 6 heteroatoms. The molecule has 3 rings (SSSR count). The lowest BCUT2D eigenvalue weighted by Crippen LogP contribution is -2.23. The molecule has 0 fully saturated rings. The van der Waals surface area contributed by atoms with Crippen LogP contribution in [0.5, 0.6) is 17.4 Å². The summed E-state index contributed by atoms with van der Waals surface area (Å²) in [6, 6.07) is 16.3. The van der Waals surface area contributed by atoms with E-state index in [4.69, 9.17) is 9.47 Å². The third-order valence-corrected chi connectivity index (χ3v) is 3.90. The number of aromatic nitrogens is 2. The maximum Gasteiger partial charge on any atom is 0.251 e. The van der Waals surface area contributed by atoms with Crippen molar-refractivity contribution < 1.29 is 14.3 Å². The number of rotatable bonds is 7. The molecule has 0 aliphatic rings. The second-order valence-corrected chi connectivity index (χ2v) is 5.85. The first-order valence-corrected chi connectivity index (χ1v) is 8.72. The van der Waals surface area contributed by atoms with Crippen LogP contribution in [0.25, 0.3) is 11.3 Å². The summed E-state index contributed by atoms with van der Waals surface area (Å²) in [5.41, 5.74) is 2.22. The Hall–Kier alpha value is -3.41. The average molecular weight is 363 g/mol.